The van der Waals surface area contributed by atoms with E-state index in [4.69, 9.17) is 10.2 Å². The molecule has 0 atom stereocenters. The van der Waals surface area contributed by atoms with Crippen LogP contribution in [0.25, 0.3) is 0 Å². The summed E-state index contributed by atoms with van der Waals surface area (Å²) in [6.45, 7) is 0.0972. The van der Waals surface area contributed by atoms with Crippen LogP contribution in [0, 0.1) is 5.82 Å². The zero-order valence-corrected chi connectivity index (χ0v) is 8.76. The van der Waals surface area contributed by atoms with Gasteiger partial charge in [-0.1, -0.05) is 0 Å². The molecular weight excluding hydrogens is 219 g/mol. The highest BCUT2D eigenvalue weighted by atomic mass is 32.2. The van der Waals surface area contributed by atoms with E-state index in [1.165, 1.54) is 23.9 Å². The zero-order chi connectivity index (χ0) is 11.3. The van der Waals surface area contributed by atoms with Gasteiger partial charge in [-0.05, 0) is 24.6 Å². The predicted molar refractivity (Wildman–Crippen MR) is 55.8 cm³/mol. The molecule has 82 valence electrons. The van der Waals surface area contributed by atoms with Crippen molar-refractivity contribution in [1.29, 1.82) is 0 Å². The number of rotatable bonds is 5. The summed E-state index contributed by atoms with van der Waals surface area (Å²) in [6.07, 6.45) is 0.629. The number of aromatic carboxylic acids is 1. The van der Waals surface area contributed by atoms with E-state index in [1.54, 1.807) is 0 Å². The first-order valence-electron chi connectivity index (χ1n) is 4.41. The molecule has 1 rings (SSSR count). The molecule has 0 unspecified atom stereocenters. The maximum absolute atomic E-state index is 13.0. The number of thioether (sulfide) groups is 1. The largest absolute Gasteiger partial charge is 0.478 e. The van der Waals surface area contributed by atoms with Crippen molar-refractivity contribution >= 4 is 17.7 Å². The van der Waals surface area contributed by atoms with Gasteiger partial charge < -0.3 is 10.2 Å². The summed E-state index contributed by atoms with van der Waals surface area (Å²) in [4.78, 5) is 11.3. The molecule has 1 aromatic carbocycles. The first-order valence-corrected chi connectivity index (χ1v) is 5.40. The monoisotopic (exact) mass is 230 g/mol. The Labute approximate surface area is 90.9 Å². The van der Waals surface area contributed by atoms with E-state index >= 15 is 0 Å². The van der Waals surface area contributed by atoms with Crippen molar-refractivity contribution in [2.24, 2.45) is 0 Å². The second-order valence-corrected chi connectivity index (χ2v) is 4.04. The molecule has 3 nitrogen and oxygen atoms in total. The second kappa shape index (κ2) is 5.72. The lowest BCUT2D eigenvalue weighted by Crippen LogP contribution is -2.00. The third kappa shape index (κ3) is 3.53. The SMILES string of the molecule is O=C(O)c1cc(SCCCO)ccc1F. The highest BCUT2D eigenvalue weighted by Gasteiger charge is 2.10. The number of hydrogen-bond acceptors (Lipinski definition) is 3. The van der Waals surface area contributed by atoms with E-state index in [0.29, 0.717) is 17.1 Å². The molecule has 0 fully saturated rings. The Hall–Kier alpha value is -1.07. The lowest BCUT2D eigenvalue weighted by Gasteiger charge is -2.02. The summed E-state index contributed by atoms with van der Waals surface area (Å²) in [5, 5.41) is 17.2. The van der Waals surface area contributed by atoms with Crippen LogP contribution in [0.1, 0.15) is 16.8 Å². The number of aliphatic hydroxyl groups is 1. The number of benzene rings is 1. The molecule has 0 bridgehead atoms. The van der Waals surface area contributed by atoms with Crippen molar-refractivity contribution in [2.75, 3.05) is 12.4 Å². The van der Waals surface area contributed by atoms with Gasteiger partial charge in [0.1, 0.15) is 5.82 Å². The van der Waals surface area contributed by atoms with Crippen LogP contribution in [0.5, 0.6) is 0 Å². The van der Waals surface area contributed by atoms with Gasteiger partial charge in [0.15, 0.2) is 0 Å². The van der Waals surface area contributed by atoms with E-state index < -0.39 is 11.8 Å². The Morgan fingerprint density at radius 2 is 2.20 bits per heavy atom. The number of hydrogen-bond donors (Lipinski definition) is 2. The van der Waals surface area contributed by atoms with Crippen LogP contribution < -0.4 is 0 Å². The lowest BCUT2D eigenvalue weighted by molar-refractivity contribution is 0.0691. The molecule has 0 aliphatic rings. The molecular formula is C10H11FO3S. The van der Waals surface area contributed by atoms with Crippen LogP contribution in [0.4, 0.5) is 4.39 Å². The van der Waals surface area contributed by atoms with Crippen molar-refractivity contribution in [1.82, 2.24) is 0 Å². The molecule has 0 aromatic heterocycles. The Kier molecular flexibility index (Phi) is 4.58. The third-order valence-electron chi connectivity index (χ3n) is 1.74. The van der Waals surface area contributed by atoms with E-state index in [9.17, 15) is 9.18 Å². The smallest absolute Gasteiger partial charge is 0.338 e. The molecule has 5 heteroatoms. The number of carboxylic acids is 1. The molecule has 2 N–H and O–H groups in total. The predicted octanol–water partition coefficient (Wildman–Crippen LogP) is 2.00. The Bertz CT molecular complexity index is 355. The minimum atomic E-state index is -1.27. The molecule has 1 aromatic rings. The number of carbonyl (C=O) groups is 1. The Morgan fingerprint density at radius 3 is 2.80 bits per heavy atom. The van der Waals surface area contributed by atoms with Gasteiger partial charge in [0.2, 0.25) is 0 Å². The van der Waals surface area contributed by atoms with Gasteiger partial charge in [0.05, 0.1) is 5.56 Å². The second-order valence-electron chi connectivity index (χ2n) is 2.87. The van der Waals surface area contributed by atoms with Gasteiger partial charge in [-0.15, -0.1) is 11.8 Å². The minimum absolute atomic E-state index is 0.0972. The summed E-state index contributed by atoms with van der Waals surface area (Å²) in [7, 11) is 0. The molecule has 0 saturated heterocycles. The summed E-state index contributed by atoms with van der Waals surface area (Å²) >= 11 is 1.40. The topological polar surface area (TPSA) is 57.5 Å². The fourth-order valence-corrected chi connectivity index (χ4v) is 1.89. The summed E-state index contributed by atoms with van der Waals surface area (Å²) in [5.74, 6) is -1.31. The van der Waals surface area contributed by atoms with Crippen molar-refractivity contribution in [3.63, 3.8) is 0 Å². The average Bonchev–Trinajstić information content (AvgIpc) is 2.20. The minimum Gasteiger partial charge on any atom is -0.478 e. The maximum atomic E-state index is 13.0. The molecule has 0 spiro atoms. The fourth-order valence-electron chi connectivity index (χ4n) is 1.01. The van der Waals surface area contributed by atoms with E-state index in [1.807, 2.05) is 0 Å². The summed E-state index contributed by atoms with van der Waals surface area (Å²) < 4.78 is 13.0. The van der Waals surface area contributed by atoms with E-state index in [-0.39, 0.29) is 12.2 Å². The molecule has 0 amide bonds. The normalized spacial score (nSPS) is 10.3. The fraction of sp³-hybridized carbons (Fsp3) is 0.300. The molecule has 0 radical (unpaired) electrons. The van der Waals surface area contributed by atoms with Crippen molar-refractivity contribution in [3.8, 4) is 0 Å². The Morgan fingerprint density at radius 1 is 1.47 bits per heavy atom. The van der Waals surface area contributed by atoms with Crippen LogP contribution >= 0.6 is 11.8 Å². The Balaban J connectivity index is 2.74. The third-order valence-corrected chi connectivity index (χ3v) is 2.82. The van der Waals surface area contributed by atoms with Gasteiger partial charge in [-0.3, -0.25) is 0 Å². The van der Waals surface area contributed by atoms with Crippen LogP contribution in [0.3, 0.4) is 0 Å². The van der Waals surface area contributed by atoms with Gasteiger partial charge in [0.25, 0.3) is 0 Å². The van der Waals surface area contributed by atoms with Crippen LogP contribution in [0.15, 0.2) is 23.1 Å². The van der Waals surface area contributed by atoms with Crippen LogP contribution in [-0.2, 0) is 0 Å². The number of halogens is 1. The molecule has 0 aliphatic heterocycles. The van der Waals surface area contributed by atoms with Crippen LogP contribution in [-0.4, -0.2) is 28.5 Å². The first-order chi connectivity index (χ1) is 7.15. The number of aliphatic hydroxyl groups excluding tert-OH is 1. The van der Waals surface area contributed by atoms with Crippen molar-refractivity contribution in [3.05, 3.63) is 29.6 Å². The molecule has 15 heavy (non-hydrogen) atoms. The van der Waals surface area contributed by atoms with Crippen molar-refractivity contribution < 1.29 is 19.4 Å². The maximum Gasteiger partial charge on any atom is 0.338 e. The molecule has 0 heterocycles. The van der Waals surface area contributed by atoms with Gasteiger partial charge in [-0.2, -0.15) is 0 Å². The van der Waals surface area contributed by atoms with E-state index in [2.05, 4.69) is 0 Å². The van der Waals surface area contributed by atoms with Gasteiger partial charge in [0, 0.05) is 17.3 Å². The highest BCUT2D eigenvalue weighted by molar-refractivity contribution is 7.99. The van der Waals surface area contributed by atoms with E-state index in [0.717, 1.165) is 6.07 Å². The van der Waals surface area contributed by atoms with Gasteiger partial charge in [-0.25, -0.2) is 9.18 Å². The van der Waals surface area contributed by atoms with Gasteiger partial charge >= 0.3 is 5.97 Å². The lowest BCUT2D eigenvalue weighted by atomic mass is 10.2. The molecule has 0 aliphatic carbocycles. The summed E-state index contributed by atoms with van der Waals surface area (Å²) in [5.41, 5.74) is -0.316. The summed E-state index contributed by atoms with van der Waals surface area (Å²) in [6, 6.07) is 3.98. The zero-order valence-electron chi connectivity index (χ0n) is 7.94. The standard InChI is InChI=1S/C10H11FO3S/c11-9-3-2-7(15-5-1-4-12)6-8(9)10(13)14/h2-3,6,12H,1,4-5H2,(H,13,14). The number of carboxylic acid groups (broad SMARTS) is 1. The first kappa shape index (κ1) is 12.0. The highest BCUT2D eigenvalue weighted by Crippen LogP contribution is 2.21. The molecule has 0 saturated carbocycles. The average molecular weight is 230 g/mol. The van der Waals surface area contributed by atoms with Crippen LogP contribution in [0.2, 0.25) is 0 Å². The quantitative estimate of drug-likeness (QED) is 0.600. The van der Waals surface area contributed by atoms with Crippen molar-refractivity contribution in [2.45, 2.75) is 11.3 Å².